The van der Waals surface area contributed by atoms with Crippen LogP contribution in [0.1, 0.15) is 27.3 Å². The number of halogens is 3. The average molecular weight is 468 g/mol. The summed E-state index contributed by atoms with van der Waals surface area (Å²) in [5.41, 5.74) is 1.16. The Morgan fingerprint density at radius 3 is 2.53 bits per heavy atom. The molecular formula is C24H19F3N4O3. The Kier molecular flexibility index (Phi) is 5.15. The van der Waals surface area contributed by atoms with Crippen LogP contribution in [-0.4, -0.2) is 34.7 Å². The van der Waals surface area contributed by atoms with E-state index >= 15 is 0 Å². The molecule has 4 aromatic rings. The Labute approximate surface area is 192 Å². The molecule has 0 radical (unpaired) electrons. The molecule has 0 fully saturated rings. The molecular weight excluding hydrogens is 449 g/mol. The Balaban J connectivity index is 1.59. The van der Waals surface area contributed by atoms with Gasteiger partial charge in [0.05, 0.1) is 19.9 Å². The van der Waals surface area contributed by atoms with Crippen molar-refractivity contribution in [3.8, 4) is 22.8 Å². The highest BCUT2D eigenvalue weighted by Gasteiger charge is 2.40. The first kappa shape index (κ1) is 21.7. The molecule has 0 saturated carbocycles. The third-order valence-electron chi connectivity index (χ3n) is 5.76. The number of benzene rings is 2. The van der Waals surface area contributed by atoms with Crippen molar-refractivity contribution < 1.29 is 27.4 Å². The minimum absolute atomic E-state index is 0.0553. The minimum Gasteiger partial charge on any atom is -0.493 e. The zero-order valence-electron chi connectivity index (χ0n) is 18.2. The molecule has 1 aliphatic carbocycles. The monoisotopic (exact) mass is 468 g/mol. The number of rotatable bonds is 4. The summed E-state index contributed by atoms with van der Waals surface area (Å²) in [4.78, 5) is 17.3. The smallest absolute Gasteiger partial charge is 0.433 e. The van der Waals surface area contributed by atoms with E-state index in [0.29, 0.717) is 29.2 Å². The highest BCUT2D eigenvalue weighted by molar-refractivity contribution is 6.03. The van der Waals surface area contributed by atoms with Gasteiger partial charge in [-0.05, 0) is 30.5 Å². The topological polar surface area (TPSA) is 77.8 Å². The maximum atomic E-state index is 14.2. The van der Waals surface area contributed by atoms with Gasteiger partial charge in [0.25, 0.3) is 5.91 Å². The molecule has 0 aliphatic heterocycles. The molecule has 2 aromatic heterocycles. The van der Waals surface area contributed by atoms with Crippen molar-refractivity contribution in [2.24, 2.45) is 0 Å². The van der Waals surface area contributed by atoms with E-state index in [4.69, 9.17) is 9.47 Å². The number of ether oxygens (including phenoxy) is 2. The molecule has 1 aliphatic rings. The number of nitrogens with one attached hydrogen (secondary N) is 1. The van der Waals surface area contributed by atoms with Gasteiger partial charge < -0.3 is 14.8 Å². The molecule has 0 atom stereocenters. The molecule has 0 saturated heterocycles. The second kappa shape index (κ2) is 8.05. The Bertz CT molecular complexity index is 1430. The highest BCUT2D eigenvalue weighted by Crippen LogP contribution is 2.40. The van der Waals surface area contributed by atoms with Crippen LogP contribution in [0.2, 0.25) is 0 Å². The van der Waals surface area contributed by atoms with E-state index in [1.807, 2.05) is 12.1 Å². The van der Waals surface area contributed by atoms with Gasteiger partial charge in [-0.2, -0.15) is 18.3 Å². The van der Waals surface area contributed by atoms with Crippen molar-refractivity contribution in [2.45, 2.75) is 19.0 Å². The van der Waals surface area contributed by atoms with Crippen molar-refractivity contribution in [1.82, 2.24) is 14.6 Å². The van der Waals surface area contributed by atoms with Crippen LogP contribution in [0.3, 0.4) is 0 Å². The van der Waals surface area contributed by atoms with Gasteiger partial charge in [0.2, 0.25) is 0 Å². The lowest BCUT2D eigenvalue weighted by Gasteiger charge is -2.23. The molecule has 1 amide bonds. The predicted molar refractivity (Wildman–Crippen MR) is 118 cm³/mol. The molecule has 7 nitrogen and oxygen atoms in total. The number of methoxy groups -OCH3 is 2. The summed E-state index contributed by atoms with van der Waals surface area (Å²) >= 11 is 0. The van der Waals surface area contributed by atoms with Crippen LogP contribution in [0.5, 0.6) is 11.5 Å². The summed E-state index contributed by atoms with van der Waals surface area (Å²) < 4.78 is 53.6. The fourth-order valence-corrected chi connectivity index (χ4v) is 4.24. The number of aromatic nitrogens is 3. The molecule has 174 valence electrons. The third kappa shape index (κ3) is 3.60. The summed E-state index contributed by atoms with van der Waals surface area (Å²) in [6.45, 7) is 0. The van der Waals surface area contributed by atoms with E-state index in [-0.39, 0.29) is 29.0 Å². The van der Waals surface area contributed by atoms with Gasteiger partial charge in [0.15, 0.2) is 28.5 Å². The number of aryl methyl sites for hydroxylation is 1. The van der Waals surface area contributed by atoms with Gasteiger partial charge in [-0.25, -0.2) is 9.50 Å². The van der Waals surface area contributed by atoms with Crippen LogP contribution >= 0.6 is 0 Å². The van der Waals surface area contributed by atoms with Gasteiger partial charge in [-0.1, -0.05) is 24.3 Å². The van der Waals surface area contributed by atoms with E-state index in [1.165, 1.54) is 20.3 Å². The van der Waals surface area contributed by atoms with Gasteiger partial charge in [0, 0.05) is 28.9 Å². The summed E-state index contributed by atoms with van der Waals surface area (Å²) in [6, 6.07) is 13.3. The second-order valence-electron chi connectivity index (χ2n) is 7.77. The normalized spacial score (nSPS) is 12.7. The molecule has 0 spiro atoms. The number of fused-ring (bicyclic) bond motifs is 4. The maximum Gasteiger partial charge on any atom is 0.433 e. The number of anilines is 1. The third-order valence-corrected chi connectivity index (χ3v) is 5.76. The summed E-state index contributed by atoms with van der Waals surface area (Å²) in [7, 11) is 2.94. The summed E-state index contributed by atoms with van der Waals surface area (Å²) in [5.74, 6) is 0.185. The quantitative estimate of drug-likeness (QED) is 0.466. The fraction of sp³-hybridized carbons (Fsp3) is 0.208. The van der Waals surface area contributed by atoms with E-state index in [9.17, 15) is 18.0 Å². The fourth-order valence-electron chi connectivity index (χ4n) is 4.24. The average Bonchev–Trinajstić information content (AvgIpc) is 3.25. The van der Waals surface area contributed by atoms with Gasteiger partial charge in [-0.15, -0.1) is 0 Å². The first-order valence-electron chi connectivity index (χ1n) is 10.4. The van der Waals surface area contributed by atoms with Crippen LogP contribution in [-0.2, 0) is 19.0 Å². The number of amides is 1. The lowest BCUT2D eigenvalue weighted by molar-refractivity contribution is -0.143. The second-order valence-corrected chi connectivity index (χ2v) is 7.77. The van der Waals surface area contributed by atoms with Gasteiger partial charge >= 0.3 is 6.18 Å². The number of hydrogen-bond donors (Lipinski definition) is 1. The first-order chi connectivity index (χ1) is 16.3. The van der Waals surface area contributed by atoms with Crippen LogP contribution in [0.15, 0.2) is 48.5 Å². The van der Waals surface area contributed by atoms with Gasteiger partial charge in [-0.3, -0.25) is 4.79 Å². The minimum atomic E-state index is -4.68. The van der Waals surface area contributed by atoms with E-state index in [0.717, 1.165) is 10.1 Å². The van der Waals surface area contributed by atoms with Crippen molar-refractivity contribution >= 4 is 17.2 Å². The lowest BCUT2D eigenvalue weighted by Crippen LogP contribution is -2.21. The molecule has 0 bridgehead atoms. The maximum absolute atomic E-state index is 14.2. The SMILES string of the molecule is COc1ccc(NC(=O)c2cc3nc4c(c(C(F)(F)F)n3n2)CCc2ccccc2-4)cc1OC. The summed E-state index contributed by atoms with van der Waals surface area (Å²) in [6.07, 6.45) is -4.04. The van der Waals surface area contributed by atoms with Crippen LogP contribution < -0.4 is 14.8 Å². The van der Waals surface area contributed by atoms with Gasteiger partial charge in [0.1, 0.15) is 0 Å². The molecule has 2 heterocycles. The number of carbonyl (C=O) groups excluding carboxylic acids is 1. The number of nitrogens with zero attached hydrogens (tertiary/aromatic N) is 3. The molecule has 10 heteroatoms. The van der Waals surface area contributed by atoms with E-state index in [1.54, 1.807) is 30.3 Å². The standard InChI is InChI=1S/C24H19F3N4O3/c1-33-18-10-8-14(11-19(18)34-2)28-23(32)17-12-20-29-21-15-6-4-3-5-13(15)7-9-16(21)22(24(25,26)27)31(20)30-17/h3-6,8,10-12H,7,9H2,1-2H3,(H,28,32). The first-order valence-corrected chi connectivity index (χ1v) is 10.4. The van der Waals surface area contributed by atoms with Crippen LogP contribution in [0, 0.1) is 0 Å². The zero-order valence-corrected chi connectivity index (χ0v) is 18.2. The predicted octanol–water partition coefficient (Wildman–Crippen LogP) is 4.78. The van der Waals surface area contributed by atoms with Crippen molar-refractivity contribution in [3.63, 3.8) is 0 Å². The van der Waals surface area contributed by atoms with Crippen LogP contribution in [0.25, 0.3) is 16.9 Å². The number of alkyl halides is 3. The number of carbonyl (C=O) groups is 1. The largest absolute Gasteiger partial charge is 0.493 e. The number of hydrogen-bond acceptors (Lipinski definition) is 5. The summed E-state index contributed by atoms with van der Waals surface area (Å²) in [5, 5.41) is 6.61. The Hall–Kier alpha value is -4.08. The Morgan fingerprint density at radius 2 is 1.79 bits per heavy atom. The Morgan fingerprint density at radius 1 is 1.03 bits per heavy atom. The molecule has 1 N–H and O–H groups in total. The molecule has 2 aromatic carbocycles. The molecule has 5 rings (SSSR count). The molecule has 0 unspecified atom stereocenters. The lowest BCUT2D eigenvalue weighted by atomic mass is 9.88. The van der Waals surface area contributed by atoms with E-state index < -0.39 is 17.8 Å². The molecule has 34 heavy (non-hydrogen) atoms. The highest BCUT2D eigenvalue weighted by atomic mass is 19.4. The zero-order chi connectivity index (χ0) is 24.0. The van der Waals surface area contributed by atoms with E-state index in [2.05, 4.69) is 15.4 Å². The van der Waals surface area contributed by atoms with Crippen molar-refractivity contribution in [3.05, 3.63) is 71.0 Å². The van der Waals surface area contributed by atoms with Crippen molar-refractivity contribution in [2.75, 3.05) is 19.5 Å². The van der Waals surface area contributed by atoms with Crippen LogP contribution in [0.4, 0.5) is 18.9 Å². The van der Waals surface area contributed by atoms with Crippen molar-refractivity contribution in [1.29, 1.82) is 0 Å².